The highest BCUT2D eigenvalue weighted by Gasteiger charge is 2.35. The number of aromatic nitrogens is 1. The number of rotatable bonds is 4. The van der Waals surface area contributed by atoms with E-state index in [1.54, 1.807) is 4.90 Å². The molecule has 7 nitrogen and oxygen atoms in total. The number of morpholine rings is 1. The lowest BCUT2D eigenvalue weighted by Crippen LogP contribution is -2.39. The number of thiophene rings is 1. The zero-order valence-corrected chi connectivity index (χ0v) is 21.9. The molecule has 2 N–H and O–H groups in total. The molecule has 4 aromatic rings. The first kappa shape index (κ1) is 23.9. The number of pyridine rings is 1. The zero-order chi connectivity index (χ0) is 25.6. The molecule has 0 bridgehead atoms. The highest BCUT2D eigenvalue weighted by atomic mass is 32.1. The van der Waals surface area contributed by atoms with Gasteiger partial charge in [0.05, 0.1) is 31.1 Å². The summed E-state index contributed by atoms with van der Waals surface area (Å²) in [6.45, 7) is 7.54. The van der Waals surface area contributed by atoms with Crippen molar-refractivity contribution in [1.29, 1.82) is 0 Å². The molecule has 37 heavy (non-hydrogen) atoms. The van der Waals surface area contributed by atoms with Crippen molar-refractivity contribution in [3.8, 4) is 0 Å². The van der Waals surface area contributed by atoms with E-state index in [-0.39, 0.29) is 11.5 Å². The van der Waals surface area contributed by atoms with Gasteiger partial charge in [0.15, 0.2) is 0 Å². The van der Waals surface area contributed by atoms with Gasteiger partial charge in [-0.05, 0) is 43.7 Å². The molecule has 2 aliphatic heterocycles. The zero-order valence-electron chi connectivity index (χ0n) is 21.1. The molecule has 2 aromatic carbocycles. The van der Waals surface area contributed by atoms with Gasteiger partial charge in [0.25, 0.3) is 5.91 Å². The second kappa shape index (κ2) is 9.45. The lowest BCUT2D eigenvalue weighted by atomic mass is 9.89. The summed E-state index contributed by atoms with van der Waals surface area (Å²) < 4.78 is 11.8. The molecule has 1 fully saturated rings. The number of nitrogens with zero attached hydrogens (tertiary/aromatic N) is 3. The molecule has 1 saturated heterocycles. The first-order chi connectivity index (χ1) is 17.9. The standard InChI is InChI=1S/C29H30N4O3S/c1-29(2)17-21-22(18-36-29)26(32-13-15-35-16-14-32)31-27-23(21)24(30)25(37-27)28(34)33(19-9-5-3-6-10-19)20-11-7-4-8-12-20/h3-12H,13-18,30H2,1-2H3. The number of nitrogen functional groups attached to an aromatic ring is 1. The molecule has 0 radical (unpaired) electrons. The number of ether oxygens (including phenoxy) is 2. The number of carbonyl (C=O) groups excluding carboxylic acids is 1. The summed E-state index contributed by atoms with van der Waals surface area (Å²) in [5, 5.41) is 0.887. The Hall–Kier alpha value is -3.46. The van der Waals surface area contributed by atoms with Crippen molar-refractivity contribution < 1.29 is 14.3 Å². The van der Waals surface area contributed by atoms with Gasteiger partial charge in [-0.15, -0.1) is 11.3 Å². The van der Waals surface area contributed by atoms with Crippen LogP contribution in [0.3, 0.4) is 0 Å². The van der Waals surface area contributed by atoms with Crippen LogP contribution in [0, 0.1) is 0 Å². The van der Waals surface area contributed by atoms with E-state index in [4.69, 9.17) is 20.2 Å². The fraction of sp³-hybridized carbons (Fsp3) is 0.310. The third-order valence-corrected chi connectivity index (χ3v) is 8.10. The largest absolute Gasteiger partial charge is 0.397 e. The van der Waals surface area contributed by atoms with E-state index in [9.17, 15) is 4.79 Å². The van der Waals surface area contributed by atoms with Crippen molar-refractivity contribution in [1.82, 2.24) is 4.98 Å². The van der Waals surface area contributed by atoms with Crippen molar-refractivity contribution in [2.24, 2.45) is 0 Å². The number of para-hydroxylation sites is 2. The first-order valence-electron chi connectivity index (χ1n) is 12.6. The van der Waals surface area contributed by atoms with E-state index >= 15 is 0 Å². The molecular weight excluding hydrogens is 484 g/mol. The van der Waals surface area contributed by atoms with E-state index in [0.29, 0.717) is 36.8 Å². The lowest BCUT2D eigenvalue weighted by Gasteiger charge is -2.36. The molecule has 4 heterocycles. The van der Waals surface area contributed by atoms with Gasteiger partial charge < -0.3 is 20.1 Å². The Labute approximate surface area is 220 Å². The maximum Gasteiger partial charge on any atom is 0.275 e. The maximum atomic E-state index is 14.2. The second-order valence-electron chi connectivity index (χ2n) is 10.1. The Bertz CT molecular complexity index is 1410. The Morgan fingerprint density at radius 3 is 2.24 bits per heavy atom. The third-order valence-electron chi connectivity index (χ3n) is 7.02. The normalized spacial score (nSPS) is 17.0. The molecular formula is C29H30N4O3S. The molecule has 0 saturated carbocycles. The van der Waals surface area contributed by atoms with Crippen LogP contribution in [0.5, 0.6) is 0 Å². The van der Waals surface area contributed by atoms with E-state index in [1.165, 1.54) is 11.3 Å². The van der Waals surface area contributed by atoms with E-state index in [0.717, 1.165) is 51.6 Å². The van der Waals surface area contributed by atoms with Crippen molar-refractivity contribution in [3.05, 3.63) is 76.7 Å². The summed E-state index contributed by atoms with van der Waals surface area (Å²) >= 11 is 1.37. The van der Waals surface area contributed by atoms with Gasteiger partial charge in [0, 0.05) is 41.8 Å². The number of fused-ring (bicyclic) bond motifs is 3. The van der Waals surface area contributed by atoms with Crippen molar-refractivity contribution in [2.45, 2.75) is 32.5 Å². The van der Waals surface area contributed by atoms with Gasteiger partial charge in [0.2, 0.25) is 0 Å². The summed E-state index contributed by atoms with van der Waals surface area (Å²) in [5.41, 5.74) is 10.8. The van der Waals surface area contributed by atoms with Crippen LogP contribution in [0.15, 0.2) is 60.7 Å². The number of anilines is 4. The minimum Gasteiger partial charge on any atom is -0.397 e. The number of hydrogen-bond donors (Lipinski definition) is 1. The van der Waals surface area contributed by atoms with Gasteiger partial charge in [0.1, 0.15) is 15.5 Å². The van der Waals surface area contributed by atoms with Crippen molar-refractivity contribution >= 4 is 50.3 Å². The van der Waals surface area contributed by atoms with Crippen LogP contribution in [0.2, 0.25) is 0 Å². The smallest absolute Gasteiger partial charge is 0.275 e. The summed E-state index contributed by atoms with van der Waals surface area (Å²) in [6.07, 6.45) is 0.703. The van der Waals surface area contributed by atoms with Gasteiger partial charge in [-0.2, -0.15) is 0 Å². The van der Waals surface area contributed by atoms with E-state index < -0.39 is 0 Å². The highest BCUT2D eigenvalue weighted by molar-refractivity contribution is 7.21. The minimum absolute atomic E-state index is 0.161. The molecule has 190 valence electrons. The van der Waals surface area contributed by atoms with Crippen LogP contribution < -0.4 is 15.5 Å². The minimum atomic E-state index is -0.331. The quantitative estimate of drug-likeness (QED) is 0.385. The number of benzene rings is 2. The van der Waals surface area contributed by atoms with Crippen molar-refractivity contribution in [2.75, 3.05) is 41.8 Å². The molecule has 2 aliphatic rings. The number of amides is 1. The fourth-order valence-corrected chi connectivity index (χ4v) is 6.23. The third kappa shape index (κ3) is 4.35. The average molecular weight is 515 g/mol. The topological polar surface area (TPSA) is 80.9 Å². The predicted molar refractivity (Wildman–Crippen MR) is 149 cm³/mol. The van der Waals surface area contributed by atoms with E-state index in [2.05, 4.69) is 18.7 Å². The van der Waals surface area contributed by atoms with Crippen LogP contribution in [-0.2, 0) is 22.5 Å². The van der Waals surface area contributed by atoms with Crippen LogP contribution >= 0.6 is 11.3 Å². The van der Waals surface area contributed by atoms with Gasteiger partial charge in [-0.1, -0.05) is 36.4 Å². The van der Waals surface area contributed by atoms with E-state index in [1.807, 2.05) is 60.7 Å². The lowest BCUT2D eigenvalue weighted by molar-refractivity contribution is -0.0396. The molecule has 1 amide bonds. The van der Waals surface area contributed by atoms with Crippen LogP contribution in [0.25, 0.3) is 10.2 Å². The number of hydrogen-bond acceptors (Lipinski definition) is 7. The van der Waals surface area contributed by atoms with Gasteiger partial charge in [-0.3, -0.25) is 9.69 Å². The highest BCUT2D eigenvalue weighted by Crippen LogP contribution is 2.44. The summed E-state index contributed by atoms with van der Waals surface area (Å²) in [6, 6.07) is 19.4. The van der Waals surface area contributed by atoms with Crippen LogP contribution in [-0.4, -0.2) is 42.8 Å². The Morgan fingerprint density at radius 1 is 1.00 bits per heavy atom. The predicted octanol–water partition coefficient (Wildman–Crippen LogP) is 5.54. The summed E-state index contributed by atoms with van der Waals surface area (Å²) in [7, 11) is 0. The fourth-order valence-electron chi connectivity index (χ4n) is 5.18. The monoisotopic (exact) mass is 514 g/mol. The van der Waals surface area contributed by atoms with Crippen LogP contribution in [0.4, 0.5) is 22.9 Å². The average Bonchev–Trinajstić information content (AvgIpc) is 3.26. The Kier molecular flexibility index (Phi) is 6.10. The molecule has 2 aromatic heterocycles. The summed E-state index contributed by atoms with van der Waals surface area (Å²) in [4.78, 5) is 24.6. The Balaban J connectivity index is 1.52. The number of carbonyl (C=O) groups is 1. The molecule has 8 heteroatoms. The first-order valence-corrected chi connectivity index (χ1v) is 13.4. The summed E-state index contributed by atoms with van der Waals surface area (Å²) in [5.74, 6) is 0.760. The Morgan fingerprint density at radius 2 is 1.62 bits per heavy atom. The number of nitrogens with two attached hydrogens (primary N) is 1. The van der Waals surface area contributed by atoms with Crippen molar-refractivity contribution in [3.63, 3.8) is 0 Å². The second-order valence-corrected chi connectivity index (χ2v) is 11.1. The molecule has 0 spiro atoms. The molecule has 0 atom stereocenters. The van der Waals surface area contributed by atoms with Gasteiger partial charge >= 0.3 is 0 Å². The SMILES string of the molecule is CC1(C)Cc2c(c(N3CCOCC3)nc3sc(C(=O)N(c4ccccc4)c4ccccc4)c(N)c23)CO1. The molecule has 0 unspecified atom stereocenters. The molecule has 6 rings (SSSR count). The molecule has 0 aliphatic carbocycles. The van der Waals surface area contributed by atoms with Crippen LogP contribution in [0.1, 0.15) is 34.6 Å². The van der Waals surface area contributed by atoms with Gasteiger partial charge in [-0.25, -0.2) is 4.98 Å². The maximum absolute atomic E-state index is 14.2.